The third kappa shape index (κ3) is 2.91. The zero-order valence-electron chi connectivity index (χ0n) is 13.9. The lowest BCUT2D eigenvalue weighted by Gasteiger charge is -2.34. The summed E-state index contributed by atoms with van der Waals surface area (Å²) in [5.74, 6) is 0.546. The smallest absolute Gasteiger partial charge is 0.267 e. The molecule has 124 valence electrons. The molecule has 2 heterocycles. The Kier molecular flexibility index (Phi) is 4.26. The zero-order chi connectivity index (χ0) is 16.6. The predicted octanol–water partition coefficient (Wildman–Crippen LogP) is 1.21. The second-order valence-corrected chi connectivity index (χ2v) is 6.07. The van der Waals surface area contributed by atoms with E-state index < -0.39 is 6.10 Å². The Hall–Kier alpha value is -2.08. The molecule has 2 aliphatic heterocycles. The number of ether oxygens (including phenoxy) is 1. The first kappa shape index (κ1) is 15.8. The predicted molar refractivity (Wildman–Crippen MR) is 88.0 cm³/mol. The molecule has 23 heavy (non-hydrogen) atoms. The molecule has 2 aliphatic rings. The first-order valence-corrected chi connectivity index (χ1v) is 8.11. The number of piperazine rings is 1. The van der Waals surface area contributed by atoms with E-state index in [4.69, 9.17) is 4.74 Å². The molecule has 1 atom stereocenters. The van der Waals surface area contributed by atoms with Crippen LogP contribution in [-0.4, -0.2) is 67.5 Å². The molecule has 0 saturated carbocycles. The Labute approximate surface area is 136 Å². The largest absolute Gasteiger partial charge is 0.479 e. The van der Waals surface area contributed by atoms with Gasteiger partial charge in [0.05, 0.1) is 5.69 Å². The molecule has 1 aromatic rings. The van der Waals surface area contributed by atoms with Crippen molar-refractivity contribution in [2.45, 2.75) is 20.0 Å². The van der Waals surface area contributed by atoms with E-state index in [1.807, 2.05) is 4.90 Å². The van der Waals surface area contributed by atoms with Crippen LogP contribution in [0, 0.1) is 0 Å². The molecule has 2 amide bonds. The topological polar surface area (TPSA) is 53.1 Å². The van der Waals surface area contributed by atoms with E-state index in [9.17, 15) is 9.59 Å². The van der Waals surface area contributed by atoms with Crippen molar-refractivity contribution >= 4 is 17.5 Å². The van der Waals surface area contributed by atoms with Gasteiger partial charge in [-0.05, 0) is 31.7 Å². The standard InChI is InChI=1S/C17H23N3O3/c1-4-19-7-9-20(10-8-19)17(22)13-5-6-14-15(11-13)23-12(2)16(21)18(14)3/h5-6,11-12H,4,7-10H2,1-3H3. The summed E-state index contributed by atoms with van der Waals surface area (Å²) in [5.41, 5.74) is 1.32. The summed E-state index contributed by atoms with van der Waals surface area (Å²) in [6, 6.07) is 5.31. The molecular formula is C17H23N3O3. The first-order valence-electron chi connectivity index (χ1n) is 8.11. The average molecular weight is 317 g/mol. The van der Waals surface area contributed by atoms with Crippen LogP contribution in [0.2, 0.25) is 0 Å². The molecule has 1 fully saturated rings. The van der Waals surface area contributed by atoms with Gasteiger partial charge in [0.25, 0.3) is 11.8 Å². The van der Waals surface area contributed by atoms with Crippen molar-refractivity contribution in [3.63, 3.8) is 0 Å². The summed E-state index contributed by atoms with van der Waals surface area (Å²) in [4.78, 5) is 30.4. The van der Waals surface area contributed by atoms with E-state index in [0.717, 1.165) is 32.7 Å². The number of hydrogen-bond donors (Lipinski definition) is 0. The molecule has 0 N–H and O–H groups in total. The number of amides is 2. The third-order valence-electron chi connectivity index (χ3n) is 4.66. The summed E-state index contributed by atoms with van der Waals surface area (Å²) in [6.07, 6.45) is -0.522. The van der Waals surface area contributed by atoms with Gasteiger partial charge in [0.15, 0.2) is 6.10 Å². The zero-order valence-corrected chi connectivity index (χ0v) is 13.9. The maximum absolute atomic E-state index is 12.7. The van der Waals surface area contributed by atoms with Crippen LogP contribution in [0.4, 0.5) is 5.69 Å². The van der Waals surface area contributed by atoms with E-state index in [1.54, 1.807) is 37.1 Å². The Morgan fingerprint density at radius 2 is 1.96 bits per heavy atom. The van der Waals surface area contributed by atoms with Gasteiger partial charge in [0.1, 0.15) is 5.75 Å². The van der Waals surface area contributed by atoms with Crippen molar-refractivity contribution in [3.05, 3.63) is 23.8 Å². The minimum atomic E-state index is -0.522. The van der Waals surface area contributed by atoms with E-state index in [-0.39, 0.29) is 11.8 Å². The highest BCUT2D eigenvalue weighted by Gasteiger charge is 2.30. The normalized spacial score (nSPS) is 21.9. The van der Waals surface area contributed by atoms with Gasteiger partial charge in [-0.3, -0.25) is 9.59 Å². The van der Waals surface area contributed by atoms with Crippen molar-refractivity contribution in [2.24, 2.45) is 0 Å². The molecule has 0 bridgehead atoms. The van der Waals surface area contributed by atoms with Gasteiger partial charge in [-0.25, -0.2) is 0 Å². The van der Waals surface area contributed by atoms with Crippen molar-refractivity contribution in [2.75, 3.05) is 44.7 Å². The van der Waals surface area contributed by atoms with E-state index >= 15 is 0 Å². The molecular weight excluding hydrogens is 294 g/mol. The summed E-state index contributed by atoms with van der Waals surface area (Å²) < 4.78 is 5.66. The first-order chi connectivity index (χ1) is 11.0. The van der Waals surface area contributed by atoms with Gasteiger partial charge in [-0.15, -0.1) is 0 Å². The molecule has 1 aromatic carbocycles. The fourth-order valence-corrected chi connectivity index (χ4v) is 3.10. The summed E-state index contributed by atoms with van der Waals surface area (Å²) >= 11 is 0. The van der Waals surface area contributed by atoms with Crippen molar-refractivity contribution in [1.29, 1.82) is 0 Å². The monoisotopic (exact) mass is 317 g/mol. The maximum atomic E-state index is 12.7. The number of benzene rings is 1. The summed E-state index contributed by atoms with van der Waals surface area (Å²) in [7, 11) is 1.73. The maximum Gasteiger partial charge on any atom is 0.267 e. The number of hydrogen-bond acceptors (Lipinski definition) is 4. The molecule has 3 rings (SSSR count). The van der Waals surface area contributed by atoms with Crippen molar-refractivity contribution in [3.8, 4) is 5.75 Å². The van der Waals surface area contributed by atoms with Crippen molar-refractivity contribution in [1.82, 2.24) is 9.80 Å². The van der Waals surface area contributed by atoms with Crippen LogP contribution in [0.3, 0.4) is 0 Å². The number of carbonyl (C=O) groups is 2. The molecule has 0 radical (unpaired) electrons. The fraction of sp³-hybridized carbons (Fsp3) is 0.529. The second kappa shape index (κ2) is 6.20. The van der Waals surface area contributed by atoms with E-state index in [0.29, 0.717) is 17.0 Å². The lowest BCUT2D eigenvalue weighted by Crippen LogP contribution is -2.48. The van der Waals surface area contributed by atoms with Crippen LogP contribution in [0.25, 0.3) is 0 Å². The number of carbonyl (C=O) groups excluding carboxylic acids is 2. The highest BCUT2D eigenvalue weighted by molar-refractivity contribution is 6.01. The second-order valence-electron chi connectivity index (χ2n) is 6.07. The van der Waals surface area contributed by atoms with Crippen LogP contribution in [0.15, 0.2) is 18.2 Å². The number of rotatable bonds is 2. The summed E-state index contributed by atoms with van der Waals surface area (Å²) in [6.45, 7) is 8.21. The quantitative estimate of drug-likeness (QED) is 0.823. The van der Waals surface area contributed by atoms with Gasteiger partial charge < -0.3 is 19.4 Å². The highest BCUT2D eigenvalue weighted by atomic mass is 16.5. The molecule has 6 nitrogen and oxygen atoms in total. The van der Waals surface area contributed by atoms with Gasteiger partial charge in [-0.2, -0.15) is 0 Å². The van der Waals surface area contributed by atoms with Gasteiger partial charge in [-0.1, -0.05) is 6.92 Å². The Bertz CT molecular complexity index is 624. The number of fused-ring (bicyclic) bond motifs is 1. The van der Waals surface area contributed by atoms with Crippen LogP contribution in [0.1, 0.15) is 24.2 Å². The number of nitrogens with zero attached hydrogens (tertiary/aromatic N) is 3. The van der Waals surface area contributed by atoms with E-state index in [2.05, 4.69) is 11.8 Å². The Morgan fingerprint density at radius 1 is 1.26 bits per heavy atom. The Balaban J connectivity index is 1.78. The fourth-order valence-electron chi connectivity index (χ4n) is 3.10. The van der Waals surface area contributed by atoms with Gasteiger partial charge in [0, 0.05) is 38.8 Å². The lowest BCUT2D eigenvalue weighted by atomic mass is 10.1. The minimum absolute atomic E-state index is 0.0272. The van der Waals surface area contributed by atoms with Crippen LogP contribution < -0.4 is 9.64 Å². The molecule has 1 unspecified atom stereocenters. The van der Waals surface area contributed by atoms with Crippen LogP contribution >= 0.6 is 0 Å². The molecule has 0 aromatic heterocycles. The number of likely N-dealkylation sites (N-methyl/N-ethyl adjacent to an activating group) is 2. The van der Waals surface area contributed by atoms with Crippen molar-refractivity contribution < 1.29 is 14.3 Å². The molecule has 0 spiro atoms. The average Bonchev–Trinajstić information content (AvgIpc) is 2.59. The van der Waals surface area contributed by atoms with Crippen LogP contribution in [-0.2, 0) is 4.79 Å². The highest BCUT2D eigenvalue weighted by Crippen LogP contribution is 2.34. The molecule has 1 saturated heterocycles. The SMILES string of the molecule is CCN1CCN(C(=O)c2ccc3c(c2)OC(C)C(=O)N3C)CC1. The third-order valence-corrected chi connectivity index (χ3v) is 4.66. The lowest BCUT2D eigenvalue weighted by molar-refractivity contribution is -0.125. The van der Waals surface area contributed by atoms with Gasteiger partial charge >= 0.3 is 0 Å². The molecule has 6 heteroatoms. The number of anilines is 1. The Morgan fingerprint density at radius 3 is 2.61 bits per heavy atom. The van der Waals surface area contributed by atoms with Gasteiger partial charge in [0.2, 0.25) is 0 Å². The summed E-state index contributed by atoms with van der Waals surface area (Å²) in [5, 5.41) is 0. The van der Waals surface area contributed by atoms with E-state index in [1.165, 1.54) is 0 Å². The molecule has 0 aliphatic carbocycles. The minimum Gasteiger partial charge on any atom is -0.479 e. The van der Waals surface area contributed by atoms with Crippen LogP contribution in [0.5, 0.6) is 5.75 Å².